The van der Waals surface area contributed by atoms with E-state index < -0.39 is 0 Å². The molecule has 0 radical (unpaired) electrons. The smallest absolute Gasteiger partial charge is 0.310 e. The minimum Gasteiger partial charge on any atom is -0.469 e. The Morgan fingerprint density at radius 2 is 2.22 bits per heavy atom. The Balaban J connectivity index is 1.61. The van der Waals surface area contributed by atoms with Crippen LogP contribution in [0.25, 0.3) is 0 Å². The van der Waals surface area contributed by atoms with Crippen LogP contribution >= 0.6 is 11.3 Å². The van der Waals surface area contributed by atoms with Crippen LogP contribution < -0.4 is 5.32 Å². The lowest BCUT2D eigenvalue weighted by Crippen LogP contribution is -2.13. The lowest BCUT2D eigenvalue weighted by atomic mass is 10.2. The minimum absolute atomic E-state index is 0.166. The maximum atomic E-state index is 11.1. The van der Waals surface area contributed by atoms with E-state index in [0.717, 1.165) is 23.9 Å². The van der Waals surface area contributed by atoms with Gasteiger partial charge >= 0.3 is 5.97 Å². The van der Waals surface area contributed by atoms with Crippen LogP contribution in [0.4, 0.5) is 0 Å². The predicted molar refractivity (Wildman–Crippen MR) is 73.7 cm³/mol. The van der Waals surface area contributed by atoms with Gasteiger partial charge in [0, 0.05) is 16.3 Å². The number of hydrogen-bond acceptors (Lipinski definition) is 4. The Kier molecular flexibility index (Phi) is 5.20. The maximum absolute atomic E-state index is 11.1. The van der Waals surface area contributed by atoms with Gasteiger partial charge in [-0.1, -0.05) is 12.8 Å². The number of thiophene rings is 1. The molecule has 0 saturated heterocycles. The molecule has 0 amide bonds. The monoisotopic (exact) mass is 267 g/mol. The molecule has 3 nitrogen and oxygen atoms in total. The molecule has 1 N–H and O–H groups in total. The number of carbonyl (C=O) groups excluding carboxylic acids is 1. The molecule has 0 spiro atoms. The van der Waals surface area contributed by atoms with Crippen molar-refractivity contribution in [3.05, 3.63) is 21.9 Å². The highest BCUT2D eigenvalue weighted by molar-refractivity contribution is 7.12. The molecule has 18 heavy (non-hydrogen) atoms. The van der Waals surface area contributed by atoms with Gasteiger partial charge < -0.3 is 10.1 Å². The van der Waals surface area contributed by atoms with E-state index in [2.05, 4.69) is 16.1 Å². The molecule has 4 heteroatoms. The summed E-state index contributed by atoms with van der Waals surface area (Å²) in [6, 6.07) is 4.11. The first-order chi connectivity index (χ1) is 8.78. The Labute approximate surface area is 113 Å². The molecule has 0 bridgehead atoms. The van der Waals surface area contributed by atoms with Crippen molar-refractivity contribution in [2.45, 2.75) is 38.6 Å². The quantitative estimate of drug-likeness (QED) is 0.581. The van der Waals surface area contributed by atoms with Crippen molar-refractivity contribution in [1.29, 1.82) is 0 Å². The third kappa shape index (κ3) is 4.78. The van der Waals surface area contributed by atoms with Gasteiger partial charge in [0.1, 0.15) is 0 Å². The van der Waals surface area contributed by atoms with E-state index in [4.69, 9.17) is 0 Å². The topological polar surface area (TPSA) is 38.3 Å². The lowest BCUT2D eigenvalue weighted by Gasteiger charge is -2.02. The number of esters is 1. The fourth-order valence-corrected chi connectivity index (χ4v) is 2.93. The summed E-state index contributed by atoms with van der Waals surface area (Å²) in [6.07, 6.45) is 5.95. The Bertz CT molecular complexity index is 385. The van der Waals surface area contributed by atoms with E-state index >= 15 is 0 Å². The second kappa shape index (κ2) is 6.90. The summed E-state index contributed by atoms with van der Waals surface area (Å²) in [5.41, 5.74) is 0. The van der Waals surface area contributed by atoms with E-state index in [1.54, 1.807) is 11.3 Å². The molecule has 1 aliphatic carbocycles. The van der Waals surface area contributed by atoms with Gasteiger partial charge in [-0.05, 0) is 37.4 Å². The van der Waals surface area contributed by atoms with E-state index in [0.29, 0.717) is 6.42 Å². The highest BCUT2D eigenvalue weighted by Gasteiger charge is 2.19. The zero-order chi connectivity index (χ0) is 12.8. The van der Waals surface area contributed by atoms with Gasteiger partial charge in [0.15, 0.2) is 0 Å². The minimum atomic E-state index is -0.166. The SMILES string of the molecule is COC(=O)Cc1ccc(CNCCCC2CC2)s1. The van der Waals surface area contributed by atoms with E-state index in [-0.39, 0.29) is 5.97 Å². The van der Waals surface area contributed by atoms with Crippen LogP contribution in [-0.2, 0) is 22.5 Å². The van der Waals surface area contributed by atoms with Crippen molar-refractivity contribution in [2.24, 2.45) is 5.92 Å². The number of nitrogens with one attached hydrogen (secondary N) is 1. The Hall–Kier alpha value is -0.870. The van der Waals surface area contributed by atoms with Crippen LogP contribution in [0, 0.1) is 5.92 Å². The fraction of sp³-hybridized carbons (Fsp3) is 0.643. The van der Waals surface area contributed by atoms with Gasteiger partial charge in [-0.15, -0.1) is 11.3 Å². The molecule has 100 valence electrons. The number of hydrogen-bond donors (Lipinski definition) is 1. The molecule has 0 aromatic carbocycles. The normalized spacial score (nSPS) is 14.7. The van der Waals surface area contributed by atoms with Crippen LogP contribution in [0.2, 0.25) is 0 Å². The fourth-order valence-electron chi connectivity index (χ4n) is 1.96. The Morgan fingerprint density at radius 1 is 1.44 bits per heavy atom. The molecular formula is C14H21NO2S. The molecule has 2 rings (SSSR count). The average molecular weight is 267 g/mol. The van der Waals surface area contributed by atoms with Gasteiger partial charge in [0.2, 0.25) is 0 Å². The van der Waals surface area contributed by atoms with Gasteiger partial charge in [-0.25, -0.2) is 0 Å². The van der Waals surface area contributed by atoms with Crippen molar-refractivity contribution in [1.82, 2.24) is 5.32 Å². The molecule has 0 unspecified atom stereocenters. The maximum Gasteiger partial charge on any atom is 0.310 e. The third-order valence-corrected chi connectivity index (χ3v) is 4.31. The summed E-state index contributed by atoms with van der Waals surface area (Å²) in [7, 11) is 1.43. The molecule has 1 aromatic rings. The summed E-state index contributed by atoms with van der Waals surface area (Å²) in [5.74, 6) is 0.862. The molecule has 1 saturated carbocycles. The van der Waals surface area contributed by atoms with Crippen LogP contribution in [-0.4, -0.2) is 19.6 Å². The van der Waals surface area contributed by atoms with Crippen molar-refractivity contribution >= 4 is 17.3 Å². The molecular weight excluding hydrogens is 246 g/mol. The molecule has 0 aliphatic heterocycles. The molecule has 0 atom stereocenters. The zero-order valence-electron chi connectivity index (χ0n) is 10.9. The van der Waals surface area contributed by atoms with Crippen molar-refractivity contribution < 1.29 is 9.53 Å². The van der Waals surface area contributed by atoms with Gasteiger partial charge in [-0.3, -0.25) is 4.79 Å². The molecule has 1 heterocycles. The third-order valence-electron chi connectivity index (χ3n) is 3.23. The van der Waals surface area contributed by atoms with Crippen LogP contribution in [0.1, 0.15) is 35.4 Å². The number of ether oxygens (including phenoxy) is 1. The van der Waals surface area contributed by atoms with Crippen LogP contribution in [0.15, 0.2) is 12.1 Å². The number of methoxy groups -OCH3 is 1. The second-order valence-corrected chi connectivity index (χ2v) is 6.14. The van der Waals surface area contributed by atoms with Crippen LogP contribution in [0.5, 0.6) is 0 Å². The first-order valence-corrected chi connectivity index (χ1v) is 7.44. The summed E-state index contributed by atoms with van der Waals surface area (Å²) in [4.78, 5) is 13.5. The number of carbonyl (C=O) groups is 1. The highest BCUT2D eigenvalue weighted by atomic mass is 32.1. The first kappa shape index (κ1) is 13.6. The largest absolute Gasteiger partial charge is 0.469 e. The van der Waals surface area contributed by atoms with Gasteiger partial charge in [0.05, 0.1) is 13.5 Å². The molecule has 1 aromatic heterocycles. The predicted octanol–water partition coefficient (Wildman–Crippen LogP) is 2.74. The molecule has 1 fully saturated rings. The molecule has 1 aliphatic rings. The lowest BCUT2D eigenvalue weighted by molar-refractivity contribution is -0.139. The average Bonchev–Trinajstić information content (AvgIpc) is 3.09. The standard InChI is InChI=1S/C14H21NO2S/c1-17-14(16)9-12-6-7-13(18-12)10-15-8-2-3-11-4-5-11/h6-7,11,15H,2-5,8-10H2,1H3. The van der Waals surface area contributed by atoms with Crippen LogP contribution in [0.3, 0.4) is 0 Å². The zero-order valence-corrected chi connectivity index (χ0v) is 11.7. The summed E-state index contributed by atoms with van der Waals surface area (Å²) < 4.78 is 4.66. The highest BCUT2D eigenvalue weighted by Crippen LogP contribution is 2.33. The first-order valence-electron chi connectivity index (χ1n) is 6.63. The number of rotatable bonds is 8. The summed E-state index contributed by atoms with van der Waals surface area (Å²) >= 11 is 1.69. The van der Waals surface area contributed by atoms with Crippen molar-refractivity contribution in [2.75, 3.05) is 13.7 Å². The van der Waals surface area contributed by atoms with Gasteiger partial charge in [-0.2, -0.15) is 0 Å². The van der Waals surface area contributed by atoms with E-state index in [1.165, 1.54) is 37.7 Å². The van der Waals surface area contributed by atoms with E-state index in [9.17, 15) is 4.79 Å². The van der Waals surface area contributed by atoms with Gasteiger partial charge in [0.25, 0.3) is 0 Å². The summed E-state index contributed by atoms with van der Waals surface area (Å²) in [6.45, 7) is 2.01. The van der Waals surface area contributed by atoms with E-state index in [1.807, 2.05) is 6.07 Å². The second-order valence-electron chi connectivity index (χ2n) is 4.88. The van der Waals surface area contributed by atoms with Crippen molar-refractivity contribution in [3.63, 3.8) is 0 Å². The van der Waals surface area contributed by atoms with Crippen molar-refractivity contribution in [3.8, 4) is 0 Å². The Morgan fingerprint density at radius 3 is 2.94 bits per heavy atom. The summed E-state index contributed by atoms with van der Waals surface area (Å²) in [5, 5.41) is 3.46.